The molecule has 5 nitrogen and oxygen atoms in total. The molecule has 1 saturated heterocycles. The van der Waals surface area contributed by atoms with Gasteiger partial charge in [0.2, 0.25) is 0 Å². The van der Waals surface area contributed by atoms with Crippen molar-refractivity contribution in [1.82, 2.24) is 20.0 Å². The van der Waals surface area contributed by atoms with Crippen LogP contribution in [0.4, 0.5) is 0 Å². The van der Waals surface area contributed by atoms with E-state index in [0.29, 0.717) is 6.42 Å². The van der Waals surface area contributed by atoms with Crippen LogP contribution in [-0.4, -0.2) is 52.2 Å². The first-order chi connectivity index (χ1) is 9.04. The third kappa shape index (κ3) is 3.22. The predicted molar refractivity (Wildman–Crippen MR) is 75.1 cm³/mol. The van der Waals surface area contributed by atoms with Crippen molar-refractivity contribution >= 4 is 5.78 Å². The van der Waals surface area contributed by atoms with Crippen molar-refractivity contribution < 1.29 is 4.79 Å². The Balaban J connectivity index is 2.00. The molecule has 0 aromatic carbocycles. The van der Waals surface area contributed by atoms with Crippen molar-refractivity contribution in [2.75, 3.05) is 26.2 Å². The first-order valence-corrected chi connectivity index (χ1v) is 7.04. The molecular formula is C14H24N4O. The maximum atomic E-state index is 12.5. The van der Waals surface area contributed by atoms with E-state index in [1.54, 1.807) is 6.20 Å². The van der Waals surface area contributed by atoms with Crippen LogP contribution in [0.5, 0.6) is 0 Å². The fraction of sp³-hybridized carbons (Fsp3) is 0.714. The molecule has 0 spiro atoms. The van der Waals surface area contributed by atoms with Crippen LogP contribution in [0.25, 0.3) is 0 Å². The summed E-state index contributed by atoms with van der Waals surface area (Å²) in [6, 6.07) is 0. The summed E-state index contributed by atoms with van der Waals surface area (Å²) in [5, 5.41) is 7.54. The Kier molecular flexibility index (Phi) is 4.37. The smallest absolute Gasteiger partial charge is 0.156 e. The molecule has 2 rings (SSSR count). The van der Waals surface area contributed by atoms with Crippen LogP contribution in [0.2, 0.25) is 0 Å². The number of carbonyl (C=O) groups excluding carboxylic acids is 1. The number of hydrogen-bond acceptors (Lipinski definition) is 4. The second-order valence-electron chi connectivity index (χ2n) is 5.60. The van der Waals surface area contributed by atoms with Crippen LogP contribution in [-0.2, 0) is 17.8 Å². The monoisotopic (exact) mass is 264 g/mol. The molecule has 5 heteroatoms. The lowest BCUT2D eigenvalue weighted by molar-refractivity contribution is -0.129. The summed E-state index contributed by atoms with van der Waals surface area (Å²) in [5.41, 5.74) is 0.617. The number of aromatic nitrogens is 2. The van der Waals surface area contributed by atoms with Gasteiger partial charge >= 0.3 is 0 Å². The molecular weight excluding hydrogens is 240 g/mol. The van der Waals surface area contributed by atoms with Gasteiger partial charge in [0.25, 0.3) is 0 Å². The van der Waals surface area contributed by atoms with Gasteiger partial charge < -0.3 is 5.32 Å². The molecule has 0 atom stereocenters. The number of Topliss-reactive ketones (excluding diaryl/α,β-unsaturated/α-hetero) is 1. The van der Waals surface area contributed by atoms with Gasteiger partial charge in [-0.25, -0.2) is 0 Å². The summed E-state index contributed by atoms with van der Waals surface area (Å²) >= 11 is 0. The molecule has 1 aliphatic rings. The van der Waals surface area contributed by atoms with Gasteiger partial charge in [0.1, 0.15) is 0 Å². The molecule has 106 valence electrons. The van der Waals surface area contributed by atoms with Gasteiger partial charge in [0, 0.05) is 45.3 Å². The highest BCUT2D eigenvalue weighted by molar-refractivity contribution is 5.89. The molecule has 0 aliphatic carbocycles. The molecule has 0 amide bonds. The molecule has 1 aromatic rings. The number of rotatable bonds is 5. The minimum atomic E-state index is -0.392. The lowest BCUT2D eigenvalue weighted by Gasteiger charge is -2.40. The second-order valence-corrected chi connectivity index (χ2v) is 5.60. The molecule has 0 radical (unpaired) electrons. The second kappa shape index (κ2) is 5.84. The standard InChI is InChI=1S/C14H24N4O/c1-4-18-11-12(10-16-18)9-13(19)14(2,3)17-7-5-15-6-8-17/h10-11,15H,4-9H2,1-3H3. The average molecular weight is 264 g/mol. The van der Waals surface area contributed by atoms with Gasteiger partial charge in [-0.05, 0) is 26.3 Å². The van der Waals surface area contributed by atoms with Crippen molar-refractivity contribution in [1.29, 1.82) is 0 Å². The van der Waals surface area contributed by atoms with Crippen LogP contribution in [0.3, 0.4) is 0 Å². The molecule has 1 aliphatic heterocycles. The molecule has 1 N–H and O–H groups in total. The van der Waals surface area contributed by atoms with Gasteiger partial charge in [0.05, 0.1) is 11.7 Å². The van der Waals surface area contributed by atoms with E-state index in [4.69, 9.17) is 0 Å². The molecule has 19 heavy (non-hydrogen) atoms. The number of ketones is 1. The van der Waals surface area contributed by atoms with E-state index < -0.39 is 5.54 Å². The first-order valence-electron chi connectivity index (χ1n) is 7.04. The van der Waals surface area contributed by atoms with E-state index in [-0.39, 0.29) is 5.78 Å². The molecule has 0 unspecified atom stereocenters. The number of carbonyl (C=O) groups is 1. The molecule has 0 bridgehead atoms. The average Bonchev–Trinajstić information content (AvgIpc) is 2.87. The maximum absolute atomic E-state index is 12.5. The molecule has 2 heterocycles. The lowest BCUT2D eigenvalue weighted by Crippen LogP contribution is -2.57. The van der Waals surface area contributed by atoms with E-state index in [1.807, 2.05) is 31.6 Å². The minimum absolute atomic E-state index is 0.269. The van der Waals surface area contributed by atoms with Crippen molar-refractivity contribution in [3.63, 3.8) is 0 Å². The summed E-state index contributed by atoms with van der Waals surface area (Å²) in [4.78, 5) is 14.8. The van der Waals surface area contributed by atoms with Crippen LogP contribution < -0.4 is 5.32 Å². The zero-order chi connectivity index (χ0) is 13.9. The zero-order valence-electron chi connectivity index (χ0n) is 12.1. The summed E-state index contributed by atoms with van der Waals surface area (Å²) < 4.78 is 1.86. The summed E-state index contributed by atoms with van der Waals surface area (Å²) in [7, 11) is 0. The van der Waals surface area contributed by atoms with Crippen molar-refractivity contribution in [3.8, 4) is 0 Å². The third-order valence-electron chi connectivity index (χ3n) is 3.97. The van der Waals surface area contributed by atoms with E-state index >= 15 is 0 Å². The highest BCUT2D eigenvalue weighted by Gasteiger charge is 2.34. The number of aryl methyl sites for hydroxylation is 1. The van der Waals surface area contributed by atoms with Gasteiger partial charge in [-0.2, -0.15) is 5.10 Å². The number of piperazine rings is 1. The van der Waals surface area contributed by atoms with E-state index in [2.05, 4.69) is 15.3 Å². The Morgan fingerprint density at radius 3 is 2.68 bits per heavy atom. The van der Waals surface area contributed by atoms with Gasteiger partial charge in [-0.1, -0.05) is 0 Å². The largest absolute Gasteiger partial charge is 0.314 e. The van der Waals surface area contributed by atoms with Gasteiger partial charge in [0.15, 0.2) is 5.78 Å². The third-order valence-corrected chi connectivity index (χ3v) is 3.97. The van der Waals surface area contributed by atoms with Crippen LogP contribution in [0.15, 0.2) is 12.4 Å². The van der Waals surface area contributed by atoms with Crippen LogP contribution in [0, 0.1) is 0 Å². The Labute approximate surface area is 115 Å². The number of nitrogens with one attached hydrogen (secondary N) is 1. The fourth-order valence-electron chi connectivity index (χ4n) is 2.47. The van der Waals surface area contributed by atoms with Crippen LogP contribution >= 0.6 is 0 Å². The Hall–Kier alpha value is -1.20. The summed E-state index contributed by atoms with van der Waals surface area (Å²) in [5.74, 6) is 0.269. The Bertz CT molecular complexity index is 432. The maximum Gasteiger partial charge on any atom is 0.156 e. The minimum Gasteiger partial charge on any atom is -0.314 e. The van der Waals surface area contributed by atoms with Gasteiger partial charge in [-0.15, -0.1) is 0 Å². The van der Waals surface area contributed by atoms with Crippen molar-refractivity contribution in [2.45, 2.75) is 39.3 Å². The highest BCUT2D eigenvalue weighted by atomic mass is 16.1. The zero-order valence-corrected chi connectivity index (χ0v) is 12.1. The predicted octanol–water partition coefficient (Wildman–Crippen LogP) is 0.698. The summed E-state index contributed by atoms with van der Waals surface area (Å²) in [6.45, 7) is 10.8. The number of hydrogen-bond donors (Lipinski definition) is 1. The molecule has 1 fully saturated rings. The highest BCUT2D eigenvalue weighted by Crippen LogP contribution is 2.18. The fourth-order valence-corrected chi connectivity index (χ4v) is 2.47. The summed E-state index contributed by atoms with van der Waals surface area (Å²) in [6.07, 6.45) is 4.23. The van der Waals surface area contributed by atoms with Crippen molar-refractivity contribution in [2.24, 2.45) is 0 Å². The SMILES string of the molecule is CCn1cc(CC(=O)C(C)(C)N2CCNCC2)cn1. The Morgan fingerprint density at radius 1 is 1.42 bits per heavy atom. The van der Waals surface area contributed by atoms with Crippen LogP contribution in [0.1, 0.15) is 26.3 Å². The lowest BCUT2D eigenvalue weighted by atomic mass is 9.92. The van der Waals surface area contributed by atoms with E-state index in [9.17, 15) is 4.79 Å². The van der Waals surface area contributed by atoms with E-state index in [1.165, 1.54) is 0 Å². The first kappa shape index (κ1) is 14.2. The Morgan fingerprint density at radius 2 is 2.11 bits per heavy atom. The topological polar surface area (TPSA) is 50.2 Å². The van der Waals surface area contributed by atoms with E-state index in [0.717, 1.165) is 38.3 Å². The number of nitrogens with zero attached hydrogens (tertiary/aromatic N) is 3. The quantitative estimate of drug-likeness (QED) is 0.850. The molecule has 0 saturated carbocycles. The van der Waals surface area contributed by atoms with Gasteiger partial charge in [-0.3, -0.25) is 14.4 Å². The molecule has 1 aromatic heterocycles. The van der Waals surface area contributed by atoms with Crippen molar-refractivity contribution in [3.05, 3.63) is 18.0 Å². The normalized spacial score (nSPS) is 17.6.